The van der Waals surface area contributed by atoms with E-state index in [1.807, 2.05) is 6.92 Å². The second kappa shape index (κ2) is 7.23. The van der Waals surface area contributed by atoms with Crippen LogP contribution in [-0.2, 0) is 15.8 Å². The van der Waals surface area contributed by atoms with E-state index in [0.29, 0.717) is 13.1 Å². The fourth-order valence-corrected chi connectivity index (χ4v) is 3.87. The van der Waals surface area contributed by atoms with Crippen molar-refractivity contribution >= 4 is 9.84 Å². The van der Waals surface area contributed by atoms with E-state index < -0.39 is 15.8 Å². The van der Waals surface area contributed by atoms with Gasteiger partial charge in [-0.1, -0.05) is 24.3 Å². The van der Waals surface area contributed by atoms with E-state index in [1.165, 1.54) is 12.1 Å². The molecule has 0 amide bonds. The van der Waals surface area contributed by atoms with Crippen molar-refractivity contribution in [3.8, 4) is 0 Å². The quantitative estimate of drug-likeness (QED) is 0.858. The highest BCUT2D eigenvalue weighted by molar-refractivity contribution is 7.91. The van der Waals surface area contributed by atoms with Gasteiger partial charge in [0.1, 0.15) is 0 Å². The van der Waals surface area contributed by atoms with Gasteiger partial charge in [0.05, 0.1) is 11.5 Å². The van der Waals surface area contributed by atoms with E-state index in [-0.39, 0.29) is 23.1 Å². The molecule has 23 heavy (non-hydrogen) atoms. The lowest BCUT2D eigenvalue weighted by atomic mass is 10.0. The Labute approximate surface area is 136 Å². The number of alkyl halides is 2. The van der Waals surface area contributed by atoms with Gasteiger partial charge in [0, 0.05) is 44.7 Å². The van der Waals surface area contributed by atoms with Crippen molar-refractivity contribution < 1.29 is 17.2 Å². The molecule has 2 rings (SSSR count). The van der Waals surface area contributed by atoms with Crippen molar-refractivity contribution in [3.05, 3.63) is 35.4 Å². The molecule has 0 bridgehead atoms. The first-order chi connectivity index (χ1) is 10.7. The van der Waals surface area contributed by atoms with Crippen LogP contribution in [0.4, 0.5) is 8.78 Å². The molecule has 0 aliphatic carbocycles. The van der Waals surface area contributed by atoms with Crippen molar-refractivity contribution in [2.45, 2.75) is 25.8 Å². The van der Waals surface area contributed by atoms with E-state index in [1.54, 1.807) is 12.1 Å². The molecule has 1 heterocycles. The molecule has 130 valence electrons. The number of sulfone groups is 1. The Hall–Kier alpha value is -1.05. The molecule has 1 N–H and O–H groups in total. The Bertz CT molecular complexity index is 598. The van der Waals surface area contributed by atoms with E-state index in [0.717, 1.165) is 25.6 Å². The summed E-state index contributed by atoms with van der Waals surface area (Å²) >= 11 is 0. The second-order valence-corrected chi connectivity index (χ2v) is 8.48. The summed E-state index contributed by atoms with van der Waals surface area (Å²) in [4.78, 5) is 2.13. The lowest BCUT2D eigenvalue weighted by Gasteiger charge is -2.27. The summed E-state index contributed by atoms with van der Waals surface area (Å²) in [6.07, 6.45) is 0. The molecule has 0 spiro atoms. The molecule has 0 saturated carbocycles. The molecule has 1 aromatic rings. The minimum Gasteiger partial charge on any atom is -0.309 e. The zero-order chi connectivity index (χ0) is 17.1. The van der Waals surface area contributed by atoms with Gasteiger partial charge in [0.15, 0.2) is 9.84 Å². The molecule has 1 aliphatic heterocycles. The van der Waals surface area contributed by atoms with Gasteiger partial charge in [-0.25, -0.2) is 17.2 Å². The summed E-state index contributed by atoms with van der Waals surface area (Å²) in [6.45, 7) is 5.55. The number of halogens is 2. The number of hydrogen-bond acceptors (Lipinski definition) is 4. The summed E-state index contributed by atoms with van der Waals surface area (Å²) in [5, 5.41) is 3.35. The van der Waals surface area contributed by atoms with Gasteiger partial charge < -0.3 is 10.2 Å². The summed E-state index contributed by atoms with van der Waals surface area (Å²) in [5.41, 5.74) is 0.974. The predicted molar refractivity (Wildman–Crippen MR) is 87.5 cm³/mol. The molecular formula is C16H24F2N2O2S. The van der Waals surface area contributed by atoms with Crippen LogP contribution in [-0.4, -0.2) is 51.0 Å². The Kier molecular flexibility index (Phi) is 5.75. The highest BCUT2D eigenvalue weighted by Gasteiger charge is 2.24. The molecule has 7 heteroatoms. The Morgan fingerprint density at radius 3 is 2.30 bits per heavy atom. The van der Waals surface area contributed by atoms with Crippen LogP contribution in [0.1, 0.15) is 31.0 Å². The maximum Gasteiger partial charge on any atom is 0.270 e. The van der Waals surface area contributed by atoms with Gasteiger partial charge in [-0.2, -0.15) is 0 Å². The van der Waals surface area contributed by atoms with Crippen molar-refractivity contribution in [3.63, 3.8) is 0 Å². The molecule has 1 atom stereocenters. The van der Waals surface area contributed by atoms with Gasteiger partial charge in [-0.3, -0.25) is 0 Å². The van der Waals surface area contributed by atoms with Crippen LogP contribution in [0, 0.1) is 0 Å². The maximum atomic E-state index is 13.2. The van der Waals surface area contributed by atoms with E-state index >= 15 is 0 Å². The SMILES string of the molecule is CC(NCCN1CCS(=O)(=O)CC1)c1ccc(C(C)(F)F)cc1. The first-order valence-electron chi connectivity index (χ1n) is 7.82. The minimum atomic E-state index is -2.84. The van der Waals surface area contributed by atoms with E-state index in [9.17, 15) is 17.2 Å². The molecule has 0 radical (unpaired) electrons. The first kappa shape index (κ1) is 18.3. The van der Waals surface area contributed by atoms with Crippen LogP contribution >= 0.6 is 0 Å². The zero-order valence-corrected chi connectivity index (χ0v) is 14.4. The number of nitrogens with zero attached hydrogens (tertiary/aromatic N) is 1. The summed E-state index contributed by atoms with van der Waals surface area (Å²) < 4.78 is 49.1. The third-order valence-corrected chi connectivity index (χ3v) is 5.84. The summed E-state index contributed by atoms with van der Waals surface area (Å²) in [6, 6.07) is 6.42. The Balaban J connectivity index is 1.78. The smallest absolute Gasteiger partial charge is 0.270 e. The van der Waals surface area contributed by atoms with Gasteiger partial charge in [0.25, 0.3) is 5.92 Å². The highest BCUT2D eigenvalue weighted by atomic mass is 32.2. The fraction of sp³-hybridized carbons (Fsp3) is 0.625. The number of rotatable bonds is 6. The van der Waals surface area contributed by atoms with Crippen molar-refractivity contribution in [1.29, 1.82) is 0 Å². The van der Waals surface area contributed by atoms with Gasteiger partial charge in [-0.05, 0) is 12.5 Å². The molecule has 0 aromatic heterocycles. The minimum absolute atomic E-state index is 0.0166. The normalized spacial score (nSPS) is 20.3. The largest absolute Gasteiger partial charge is 0.309 e. The first-order valence-corrected chi connectivity index (χ1v) is 9.64. The van der Waals surface area contributed by atoms with Gasteiger partial charge in [0.2, 0.25) is 0 Å². The second-order valence-electron chi connectivity index (χ2n) is 6.18. The topological polar surface area (TPSA) is 49.4 Å². The number of nitrogens with one attached hydrogen (secondary N) is 1. The number of benzene rings is 1. The van der Waals surface area contributed by atoms with Crippen molar-refractivity contribution in [2.24, 2.45) is 0 Å². The molecule has 1 fully saturated rings. The summed E-state index contributed by atoms with van der Waals surface area (Å²) in [5.74, 6) is -2.35. The van der Waals surface area contributed by atoms with E-state index in [2.05, 4.69) is 10.2 Å². The number of hydrogen-bond donors (Lipinski definition) is 1. The van der Waals surface area contributed by atoms with Crippen LogP contribution in [0.3, 0.4) is 0 Å². The highest BCUT2D eigenvalue weighted by Crippen LogP contribution is 2.27. The van der Waals surface area contributed by atoms with Crippen LogP contribution in [0.25, 0.3) is 0 Å². The summed E-state index contributed by atoms with van der Waals surface area (Å²) in [7, 11) is -2.84. The standard InChI is InChI=1S/C16H24F2N2O2S/c1-13(14-3-5-15(6-4-14)16(2,17)18)19-7-8-20-9-11-23(21,22)12-10-20/h3-6,13,19H,7-12H2,1-2H3. The molecule has 4 nitrogen and oxygen atoms in total. The van der Waals surface area contributed by atoms with E-state index in [4.69, 9.17) is 0 Å². The predicted octanol–water partition coefficient (Wildman–Crippen LogP) is 2.18. The van der Waals surface area contributed by atoms with Crippen molar-refractivity contribution in [2.75, 3.05) is 37.7 Å². The average Bonchev–Trinajstić information content (AvgIpc) is 2.48. The molecule has 1 unspecified atom stereocenters. The molecular weight excluding hydrogens is 322 g/mol. The van der Waals surface area contributed by atoms with Crippen molar-refractivity contribution in [1.82, 2.24) is 10.2 Å². The lowest BCUT2D eigenvalue weighted by molar-refractivity contribution is 0.0174. The van der Waals surface area contributed by atoms with Gasteiger partial charge >= 0.3 is 0 Å². The van der Waals surface area contributed by atoms with Crippen LogP contribution in [0.2, 0.25) is 0 Å². The average molecular weight is 346 g/mol. The van der Waals surface area contributed by atoms with Gasteiger partial charge in [-0.15, -0.1) is 0 Å². The Morgan fingerprint density at radius 2 is 1.78 bits per heavy atom. The molecule has 1 aromatic carbocycles. The van der Waals surface area contributed by atoms with Crippen LogP contribution in [0.15, 0.2) is 24.3 Å². The van der Waals surface area contributed by atoms with Crippen LogP contribution in [0.5, 0.6) is 0 Å². The Morgan fingerprint density at radius 1 is 1.22 bits per heavy atom. The lowest BCUT2D eigenvalue weighted by Crippen LogP contribution is -2.43. The third kappa shape index (κ3) is 5.51. The third-order valence-electron chi connectivity index (χ3n) is 4.23. The molecule has 1 aliphatic rings. The molecule has 1 saturated heterocycles. The van der Waals surface area contributed by atoms with Crippen LogP contribution < -0.4 is 5.32 Å². The monoisotopic (exact) mass is 346 g/mol. The fourth-order valence-electron chi connectivity index (χ4n) is 2.60. The zero-order valence-electron chi connectivity index (χ0n) is 13.6. The maximum absolute atomic E-state index is 13.2.